The molecule has 11 heteroatoms. The number of hydrogen-bond donors (Lipinski definition) is 3. The Morgan fingerprint density at radius 2 is 2.09 bits per heavy atom. The van der Waals surface area contributed by atoms with E-state index < -0.39 is 13.1 Å². The van der Waals surface area contributed by atoms with Gasteiger partial charge in [-0.05, 0) is 52.4 Å². The molecule has 0 saturated heterocycles. The summed E-state index contributed by atoms with van der Waals surface area (Å²) in [5.74, 6) is -0.184. The van der Waals surface area contributed by atoms with E-state index in [-0.39, 0.29) is 22.6 Å². The van der Waals surface area contributed by atoms with Gasteiger partial charge < -0.3 is 24.2 Å². The second-order valence-electron chi connectivity index (χ2n) is 9.40. The highest BCUT2D eigenvalue weighted by atomic mass is 32.2. The molecule has 0 amide bonds. The van der Waals surface area contributed by atoms with Gasteiger partial charge in [-0.2, -0.15) is 16.1 Å². The van der Waals surface area contributed by atoms with Gasteiger partial charge in [-0.25, -0.2) is 0 Å². The predicted molar refractivity (Wildman–Crippen MR) is 148 cm³/mol. The highest BCUT2D eigenvalue weighted by Crippen LogP contribution is 2.52. The maximum atomic E-state index is 13.8. The van der Waals surface area contributed by atoms with Crippen LogP contribution in [0.4, 0.5) is 11.4 Å². The van der Waals surface area contributed by atoms with Crippen molar-refractivity contribution < 1.29 is 14.2 Å². The molecule has 3 heterocycles. The number of aromatic nitrogens is 1. The first kappa shape index (κ1) is 25.6. The summed E-state index contributed by atoms with van der Waals surface area (Å²) in [4.78, 5) is 13.6. The van der Waals surface area contributed by atoms with Gasteiger partial charge in [0.2, 0.25) is 0 Å². The van der Waals surface area contributed by atoms with Crippen LogP contribution in [0.25, 0.3) is 11.1 Å². The predicted octanol–water partition coefficient (Wildman–Crippen LogP) is 5.75. The van der Waals surface area contributed by atoms with Gasteiger partial charge in [0.15, 0.2) is 5.84 Å². The Labute approximate surface area is 213 Å². The van der Waals surface area contributed by atoms with E-state index in [4.69, 9.17) is 4.52 Å². The minimum atomic E-state index is -3.71. The van der Waals surface area contributed by atoms with Gasteiger partial charge in [0, 0.05) is 37.4 Å². The summed E-state index contributed by atoms with van der Waals surface area (Å²) in [5.41, 5.74) is 2.12. The Balaban J connectivity index is 1.90. The number of fused-ring (bicyclic) bond motifs is 1. The highest BCUT2D eigenvalue weighted by molar-refractivity contribution is 7.99. The molecule has 0 spiro atoms. The molecule has 3 N–H and O–H groups in total. The maximum absolute atomic E-state index is 13.8. The van der Waals surface area contributed by atoms with Crippen LogP contribution in [0.1, 0.15) is 32.8 Å². The molecule has 1 unspecified atom stereocenters. The van der Waals surface area contributed by atoms with E-state index in [0.717, 1.165) is 17.7 Å². The Morgan fingerprint density at radius 3 is 2.71 bits per heavy atom. The summed E-state index contributed by atoms with van der Waals surface area (Å²) in [7, 11) is -2.38. The van der Waals surface area contributed by atoms with E-state index in [1.54, 1.807) is 22.9 Å². The highest BCUT2D eigenvalue weighted by Gasteiger charge is 2.35. The monoisotopic (exact) mass is 532 g/mol. The van der Waals surface area contributed by atoms with E-state index in [0.29, 0.717) is 23.1 Å². The smallest absolute Gasteiger partial charge is 0.348 e. The van der Waals surface area contributed by atoms with Crippen molar-refractivity contribution in [2.45, 2.75) is 33.7 Å². The Hall–Kier alpha value is -2.52. The average molecular weight is 533 g/mol. The summed E-state index contributed by atoms with van der Waals surface area (Å²) in [6.45, 7) is 6.79. The molecule has 0 saturated carbocycles. The molecule has 186 valence electrons. The topological polar surface area (TPSA) is 105 Å². The van der Waals surface area contributed by atoms with Crippen molar-refractivity contribution in [2.24, 2.45) is 10.2 Å². The van der Waals surface area contributed by atoms with Crippen LogP contribution >= 0.6 is 30.8 Å². The molecule has 1 aliphatic heterocycles. The quantitative estimate of drug-likeness (QED) is 0.263. The zero-order valence-corrected chi connectivity index (χ0v) is 22.8. The number of aromatic hydroxyl groups is 1. The SMILES string of the molecule is COP1(=O)N=C(c2c(O)c(-c3ccsc3)cn(CCC(C)(C)C)c2=O)Nc2ccc(NSC)cc21. The fraction of sp³-hybridized carbons (Fsp3) is 0.333. The third-order valence-corrected chi connectivity index (χ3v) is 8.74. The molecule has 0 radical (unpaired) electrons. The molecule has 0 bridgehead atoms. The number of nitrogens with one attached hydrogen (secondary N) is 2. The first-order chi connectivity index (χ1) is 16.6. The number of pyridine rings is 1. The summed E-state index contributed by atoms with van der Waals surface area (Å²) in [6, 6.07) is 7.18. The van der Waals surface area contributed by atoms with Crippen molar-refractivity contribution in [3.8, 4) is 16.9 Å². The van der Waals surface area contributed by atoms with Gasteiger partial charge in [0.05, 0.1) is 11.0 Å². The average Bonchev–Trinajstić information content (AvgIpc) is 3.33. The van der Waals surface area contributed by atoms with Crippen molar-refractivity contribution in [1.82, 2.24) is 4.57 Å². The number of thiophene rings is 1. The molecule has 1 aliphatic rings. The van der Waals surface area contributed by atoms with E-state index in [1.807, 2.05) is 29.1 Å². The number of hydrogen-bond acceptors (Lipinski definition) is 8. The summed E-state index contributed by atoms with van der Waals surface area (Å²) in [5, 5.41) is 18.6. The van der Waals surface area contributed by atoms with Crippen LogP contribution in [-0.4, -0.2) is 28.9 Å². The van der Waals surface area contributed by atoms with Crippen LogP contribution in [0.5, 0.6) is 5.75 Å². The standard InChI is InChI=1S/C24H29N4O4PS2/c1-24(2,3)9-10-28-13-17(15-8-11-35-14-15)21(29)20(23(28)30)22-25-18-7-6-16(27-34-5)12-19(18)33(31,26-22)32-4/h6-8,11-14,27,29H,9-10H2,1-5H3,(H,25,26,31). The molecular weight excluding hydrogens is 503 g/mol. The number of rotatable bonds is 7. The summed E-state index contributed by atoms with van der Waals surface area (Å²) < 4.78 is 28.2. The van der Waals surface area contributed by atoms with Crippen molar-refractivity contribution in [3.63, 3.8) is 0 Å². The van der Waals surface area contributed by atoms with Crippen LogP contribution in [0.2, 0.25) is 0 Å². The van der Waals surface area contributed by atoms with Crippen molar-refractivity contribution in [3.05, 3.63) is 57.1 Å². The van der Waals surface area contributed by atoms with Crippen LogP contribution in [0.15, 0.2) is 50.8 Å². The van der Waals surface area contributed by atoms with E-state index in [1.165, 1.54) is 30.4 Å². The van der Waals surface area contributed by atoms with Crippen molar-refractivity contribution in [1.29, 1.82) is 0 Å². The van der Waals surface area contributed by atoms with E-state index in [9.17, 15) is 14.5 Å². The molecule has 2 aromatic heterocycles. The molecule has 0 aliphatic carbocycles. The summed E-state index contributed by atoms with van der Waals surface area (Å²) >= 11 is 2.90. The normalized spacial score (nSPS) is 17.5. The van der Waals surface area contributed by atoms with Crippen LogP contribution in [-0.2, 0) is 15.6 Å². The maximum Gasteiger partial charge on any atom is 0.348 e. The first-order valence-corrected chi connectivity index (χ1v) is 14.8. The molecule has 8 nitrogen and oxygen atoms in total. The number of anilines is 2. The molecular formula is C24H29N4O4PS2. The van der Waals surface area contributed by atoms with Gasteiger partial charge in [0.1, 0.15) is 11.3 Å². The molecule has 1 aromatic carbocycles. The first-order valence-electron chi connectivity index (χ1n) is 11.0. The minimum absolute atomic E-state index is 0.00779. The Kier molecular flexibility index (Phi) is 7.20. The van der Waals surface area contributed by atoms with E-state index >= 15 is 0 Å². The Bertz CT molecular complexity index is 1380. The summed E-state index contributed by atoms with van der Waals surface area (Å²) in [6.07, 6.45) is 4.32. The molecule has 0 fully saturated rings. The molecule has 35 heavy (non-hydrogen) atoms. The van der Waals surface area contributed by atoms with Gasteiger partial charge in [-0.1, -0.05) is 32.7 Å². The second-order valence-corrected chi connectivity index (χ2v) is 12.9. The number of benzene rings is 1. The minimum Gasteiger partial charge on any atom is -0.506 e. The largest absolute Gasteiger partial charge is 0.506 e. The lowest BCUT2D eigenvalue weighted by molar-refractivity contribution is 0.347. The lowest BCUT2D eigenvalue weighted by Crippen LogP contribution is -2.34. The molecule has 1 atom stereocenters. The van der Waals surface area contributed by atoms with Crippen molar-refractivity contribution >= 4 is 53.3 Å². The number of aryl methyl sites for hydroxylation is 1. The third kappa shape index (κ3) is 5.21. The number of amidine groups is 1. The second kappa shape index (κ2) is 9.85. The van der Waals surface area contributed by atoms with Crippen LogP contribution in [0.3, 0.4) is 0 Å². The van der Waals surface area contributed by atoms with Crippen LogP contribution in [0, 0.1) is 5.41 Å². The lowest BCUT2D eigenvalue weighted by atomic mass is 9.92. The zero-order valence-electron chi connectivity index (χ0n) is 20.3. The lowest BCUT2D eigenvalue weighted by Gasteiger charge is -2.26. The third-order valence-electron chi connectivity index (χ3n) is 5.68. The fourth-order valence-corrected chi connectivity index (χ4v) is 6.32. The van der Waals surface area contributed by atoms with Crippen molar-refractivity contribution in [2.75, 3.05) is 23.4 Å². The fourth-order valence-electron chi connectivity index (χ4n) is 3.76. The van der Waals surface area contributed by atoms with Gasteiger partial charge in [0.25, 0.3) is 5.56 Å². The van der Waals surface area contributed by atoms with Gasteiger partial charge >= 0.3 is 7.52 Å². The van der Waals surface area contributed by atoms with E-state index in [2.05, 4.69) is 35.6 Å². The van der Waals surface area contributed by atoms with Gasteiger partial charge in [-0.3, -0.25) is 9.36 Å². The number of nitrogens with zero attached hydrogens (tertiary/aromatic N) is 2. The zero-order chi connectivity index (χ0) is 25.4. The Morgan fingerprint density at radius 1 is 1.31 bits per heavy atom. The molecule has 3 aromatic rings. The van der Waals surface area contributed by atoms with Crippen LogP contribution < -0.4 is 20.9 Å². The molecule has 4 rings (SSSR count). The van der Waals surface area contributed by atoms with Gasteiger partial charge in [-0.15, -0.1) is 0 Å².